The monoisotopic (exact) mass is 305 g/mol. The van der Waals surface area contributed by atoms with Gasteiger partial charge in [0.1, 0.15) is 0 Å². The Labute approximate surface area is 130 Å². The zero-order valence-electron chi connectivity index (χ0n) is 13.1. The van der Waals surface area contributed by atoms with Crippen LogP contribution in [0.1, 0.15) is 59.8 Å². The molecule has 114 valence electrons. The van der Waals surface area contributed by atoms with Crippen LogP contribution in [0.3, 0.4) is 0 Å². The molecule has 1 fully saturated rings. The van der Waals surface area contributed by atoms with Crippen LogP contribution < -0.4 is 0 Å². The molecule has 1 aliphatic carbocycles. The van der Waals surface area contributed by atoms with Crippen LogP contribution in [-0.4, -0.2) is 41.1 Å². The summed E-state index contributed by atoms with van der Waals surface area (Å²) in [4.78, 5) is 0. The van der Waals surface area contributed by atoms with Gasteiger partial charge in [-0.05, 0) is 53.4 Å². The summed E-state index contributed by atoms with van der Waals surface area (Å²) < 4.78 is 6.80. The van der Waals surface area contributed by atoms with Crippen molar-refractivity contribution in [3.63, 3.8) is 0 Å². The summed E-state index contributed by atoms with van der Waals surface area (Å²) in [5, 5.41) is 0. The van der Waals surface area contributed by atoms with E-state index in [2.05, 4.69) is 52.5 Å². The number of ether oxygens (including phenoxy) is 1. The van der Waals surface area contributed by atoms with Gasteiger partial charge < -0.3 is 34.1 Å². The Morgan fingerprint density at radius 2 is 1.42 bits per heavy atom. The number of quaternary nitrogens is 1. The summed E-state index contributed by atoms with van der Waals surface area (Å²) >= 11 is 9.34. The highest BCUT2D eigenvalue weighted by Crippen LogP contribution is 2.20. The normalized spacial score (nSPS) is 16.4. The molecule has 1 aliphatic rings. The predicted molar refractivity (Wildman–Crippen MR) is 90.3 cm³/mol. The maximum atomic E-state index is 5.24. The Bertz CT molecular complexity index is 219. The second-order valence-corrected chi connectivity index (χ2v) is 6.23. The second-order valence-electron chi connectivity index (χ2n) is 5.23. The summed E-state index contributed by atoms with van der Waals surface area (Å²) in [7, 11) is 0. The van der Waals surface area contributed by atoms with E-state index >= 15 is 0 Å². The number of hydrogen-bond donors (Lipinski definition) is 0. The lowest BCUT2D eigenvalue weighted by molar-refractivity contribution is -0.921. The largest absolute Gasteiger partial charge is 0.510 e. The molecule has 0 bridgehead atoms. The van der Waals surface area contributed by atoms with Gasteiger partial charge in [0.2, 0.25) is 0 Å². The van der Waals surface area contributed by atoms with Crippen LogP contribution in [0.25, 0.3) is 0 Å². The van der Waals surface area contributed by atoms with Gasteiger partial charge in [-0.3, -0.25) is 0 Å². The fraction of sp³-hybridized carbons (Fsp3) is 0.933. The standard InChI is InChI=1S/C8H20N.C7H12OS2/c1-5-9(6-2,7-3)8-4;9-7(10)8-6-4-2-1-3-5-6/h5-8H2,1-4H3;6H,1-5H2,(H,9,10)/q+1;/p-1. The van der Waals surface area contributed by atoms with Crippen molar-refractivity contribution in [3.05, 3.63) is 0 Å². The number of thiocarbonyl (C=S) groups is 1. The second kappa shape index (κ2) is 10.8. The fourth-order valence-electron chi connectivity index (χ4n) is 2.66. The van der Waals surface area contributed by atoms with Crippen LogP contribution in [0, 0.1) is 0 Å². The summed E-state index contributed by atoms with van der Waals surface area (Å²) in [5.41, 5.74) is 0. The van der Waals surface area contributed by atoms with Gasteiger partial charge in [0.15, 0.2) is 0 Å². The first kappa shape index (κ1) is 19.1. The summed E-state index contributed by atoms with van der Waals surface area (Å²) in [6, 6.07) is 0. The van der Waals surface area contributed by atoms with Crippen molar-refractivity contribution < 1.29 is 9.22 Å². The van der Waals surface area contributed by atoms with Crippen molar-refractivity contribution in [3.8, 4) is 0 Å². The highest BCUT2D eigenvalue weighted by molar-refractivity contribution is 7.99. The molecule has 0 saturated heterocycles. The van der Waals surface area contributed by atoms with E-state index in [-0.39, 0.29) is 4.38 Å². The van der Waals surface area contributed by atoms with E-state index in [1.165, 1.54) is 49.9 Å². The quantitative estimate of drug-likeness (QED) is 0.431. The van der Waals surface area contributed by atoms with E-state index in [0.29, 0.717) is 6.10 Å². The number of rotatable bonds is 5. The fourth-order valence-corrected chi connectivity index (χ4v) is 2.93. The molecule has 0 spiro atoms. The Morgan fingerprint density at radius 1 is 1.00 bits per heavy atom. The minimum absolute atomic E-state index is 0.284. The third kappa shape index (κ3) is 8.05. The molecular weight excluding hydrogens is 274 g/mol. The van der Waals surface area contributed by atoms with E-state index in [4.69, 9.17) is 4.74 Å². The molecule has 4 heteroatoms. The summed E-state index contributed by atoms with van der Waals surface area (Å²) in [6.45, 7) is 14.2. The average molecular weight is 306 g/mol. The topological polar surface area (TPSA) is 9.23 Å². The van der Waals surface area contributed by atoms with E-state index in [1.54, 1.807) is 0 Å². The molecule has 19 heavy (non-hydrogen) atoms. The van der Waals surface area contributed by atoms with Gasteiger partial charge in [-0.15, -0.1) is 0 Å². The lowest BCUT2D eigenvalue weighted by atomic mass is 9.98. The van der Waals surface area contributed by atoms with Gasteiger partial charge in [0.05, 0.1) is 32.3 Å². The Kier molecular flexibility index (Phi) is 10.8. The zero-order chi connectivity index (χ0) is 14.7. The summed E-state index contributed by atoms with van der Waals surface area (Å²) in [6.07, 6.45) is 6.47. The lowest BCUT2D eigenvalue weighted by Crippen LogP contribution is -2.47. The third-order valence-electron chi connectivity index (χ3n) is 4.50. The molecule has 0 aliphatic heterocycles. The molecule has 0 aromatic carbocycles. The van der Waals surface area contributed by atoms with Crippen LogP contribution in [0.4, 0.5) is 0 Å². The van der Waals surface area contributed by atoms with Crippen molar-refractivity contribution in [1.29, 1.82) is 0 Å². The van der Waals surface area contributed by atoms with Gasteiger partial charge in [-0.25, -0.2) is 0 Å². The highest BCUT2D eigenvalue weighted by atomic mass is 32.1. The minimum atomic E-state index is 0.284. The van der Waals surface area contributed by atoms with Gasteiger partial charge in [0.25, 0.3) is 0 Å². The van der Waals surface area contributed by atoms with Crippen LogP contribution in [0.5, 0.6) is 0 Å². The molecule has 0 aromatic rings. The van der Waals surface area contributed by atoms with Crippen LogP contribution in [0.15, 0.2) is 0 Å². The van der Waals surface area contributed by atoms with Crippen LogP contribution >= 0.6 is 12.2 Å². The van der Waals surface area contributed by atoms with Crippen molar-refractivity contribution in [2.24, 2.45) is 0 Å². The molecule has 0 amide bonds. The van der Waals surface area contributed by atoms with Crippen molar-refractivity contribution in [2.75, 3.05) is 26.2 Å². The molecule has 0 unspecified atom stereocenters. The Hall–Kier alpha value is 0.0700. The van der Waals surface area contributed by atoms with E-state index < -0.39 is 0 Å². The van der Waals surface area contributed by atoms with Crippen LogP contribution in [0.2, 0.25) is 0 Å². The van der Waals surface area contributed by atoms with Crippen LogP contribution in [-0.2, 0) is 17.4 Å². The first-order valence-electron chi connectivity index (χ1n) is 7.76. The summed E-state index contributed by atoms with van der Waals surface area (Å²) in [5.74, 6) is 0. The third-order valence-corrected chi connectivity index (χ3v) is 4.69. The highest BCUT2D eigenvalue weighted by Gasteiger charge is 2.16. The van der Waals surface area contributed by atoms with E-state index in [9.17, 15) is 0 Å². The first-order chi connectivity index (χ1) is 9.03. The van der Waals surface area contributed by atoms with Crippen molar-refractivity contribution in [2.45, 2.75) is 65.9 Å². The molecular formula is C15H31NOS2. The number of hydrogen-bond acceptors (Lipinski definition) is 3. The molecule has 2 nitrogen and oxygen atoms in total. The average Bonchev–Trinajstić information content (AvgIpc) is 2.43. The molecule has 0 heterocycles. The van der Waals surface area contributed by atoms with E-state index in [0.717, 1.165) is 12.8 Å². The van der Waals surface area contributed by atoms with Crippen molar-refractivity contribution >= 4 is 29.2 Å². The zero-order valence-corrected chi connectivity index (χ0v) is 14.7. The maximum Gasteiger partial charge on any atom is 0.0963 e. The minimum Gasteiger partial charge on any atom is -0.510 e. The molecule has 0 aromatic heterocycles. The molecule has 1 rings (SSSR count). The van der Waals surface area contributed by atoms with Gasteiger partial charge in [0, 0.05) is 4.38 Å². The molecule has 0 radical (unpaired) electrons. The molecule has 0 N–H and O–H groups in total. The van der Waals surface area contributed by atoms with Crippen molar-refractivity contribution in [1.82, 2.24) is 0 Å². The first-order valence-corrected chi connectivity index (χ1v) is 8.57. The van der Waals surface area contributed by atoms with Gasteiger partial charge >= 0.3 is 0 Å². The Balaban J connectivity index is 0.000000344. The van der Waals surface area contributed by atoms with E-state index in [1.807, 2.05) is 0 Å². The smallest absolute Gasteiger partial charge is 0.0963 e. The molecule has 0 atom stereocenters. The van der Waals surface area contributed by atoms with Gasteiger partial charge in [-0.2, -0.15) is 0 Å². The SMILES string of the molecule is CC[N+](CC)(CC)CC.S=C([S-])OC1CCCCC1. The predicted octanol–water partition coefficient (Wildman–Crippen LogP) is 4.05. The molecule has 1 saturated carbocycles. The maximum absolute atomic E-state index is 5.24. The van der Waals surface area contributed by atoms with Gasteiger partial charge in [-0.1, -0.05) is 6.42 Å². The lowest BCUT2D eigenvalue weighted by Gasteiger charge is -2.34. The number of nitrogens with zero attached hydrogens (tertiary/aromatic N) is 1. The Morgan fingerprint density at radius 3 is 1.68 bits per heavy atom.